The Morgan fingerprint density at radius 2 is 1.09 bits per heavy atom. The van der Waals surface area contributed by atoms with E-state index >= 15 is 0 Å². The fourth-order valence-electron chi connectivity index (χ4n) is 7.83. The highest BCUT2D eigenvalue weighted by molar-refractivity contribution is 6.26. The molecule has 212 valence electrons. The first kappa shape index (κ1) is 24.1. The van der Waals surface area contributed by atoms with E-state index in [1.54, 1.807) is 0 Å². The maximum atomic E-state index is 5.37. The largest absolute Gasteiger partial charge is 0.279 e. The van der Waals surface area contributed by atoms with Crippen LogP contribution in [0.3, 0.4) is 0 Å². The van der Waals surface area contributed by atoms with Crippen LogP contribution in [0.1, 0.15) is 0 Å². The molecule has 3 heterocycles. The Hall–Kier alpha value is -6.26. The van der Waals surface area contributed by atoms with Crippen LogP contribution in [-0.2, 0) is 0 Å². The van der Waals surface area contributed by atoms with Gasteiger partial charge in [-0.05, 0) is 85.9 Å². The first-order valence-electron chi connectivity index (χ1n) is 15.7. The molecule has 0 aliphatic carbocycles. The Bertz CT molecular complexity index is 3030. The van der Waals surface area contributed by atoms with Crippen molar-refractivity contribution in [2.75, 3.05) is 0 Å². The number of imidazole rings is 1. The standard InChI is InChI=1S/C42H24N4/c1-3-15-34-32(13-1)41-43-35-16-4-6-18-37(35)46(41)42(44-34)45-36-17-5-2-12-29(36)30-22-21-27(24-38(30)45)33-23-28-11-7-9-25-19-20-26-10-8-14-31(33)40(26)39(25)28/h1-24H. The molecule has 0 saturated carbocycles. The van der Waals surface area contributed by atoms with Gasteiger partial charge in [0.1, 0.15) is 5.65 Å². The van der Waals surface area contributed by atoms with E-state index in [0.717, 1.165) is 44.6 Å². The van der Waals surface area contributed by atoms with Crippen molar-refractivity contribution in [2.24, 2.45) is 0 Å². The summed E-state index contributed by atoms with van der Waals surface area (Å²) in [6.45, 7) is 0. The predicted octanol–water partition coefficient (Wildman–Crippen LogP) is 10.7. The lowest BCUT2D eigenvalue weighted by atomic mass is 9.89. The van der Waals surface area contributed by atoms with Crippen LogP contribution >= 0.6 is 0 Å². The Morgan fingerprint density at radius 1 is 0.413 bits per heavy atom. The van der Waals surface area contributed by atoms with Gasteiger partial charge in [-0.15, -0.1) is 0 Å². The molecular formula is C42H24N4. The Morgan fingerprint density at radius 3 is 1.98 bits per heavy atom. The van der Waals surface area contributed by atoms with Gasteiger partial charge in [-0.1, -0.05) is 103 Å². The average molecular weight is 585 g/mol. The van der Waals surface area contributed by atoms with Gasteiger partial charge in [0.2, 0.25) is 5.95 Å². The van der Waals surface area contributed by atoms with E-state index in [2.05, 4.69) is 148 Å². The number of para-hydroxylation sites is 4. The summed E-state index contributed by atoms with van der Waals surface area (Å²) in [6.07, 6.45) is 0. The molecule has 8 aromatic carbocycles. The maximum absolute atomic E-state index is 5.37. The molecule has 11 rings (SSSR count). The SMILES string of the molecule is c1cc2ccc3cccc4c(-c5ccc6c7ccccc7n(-c7nc8ccccc8c8nc9ccccc9n78)c6c5)cc(c1)c2c34. The van der Waals surface area contributed by atoms with Crippen molar-refractivity contribution in [3.63, 3.8) is 0 Å². The summed E-state index contributed by atoms with van der Waals surface area (Å²) in [4.78, 5) is 10.5. The molecule has 0 spiro atoms. The number of nitrogens with zero attached hydrogens (tertiary/aromatic N) is 4. The van der Waals surface area contributed by atoms with E-state index in [4.69, 9.17) is 9.97 Å². The number of hydrogen-bond donors (Lipinski definition) is 0. The zero-order valence-corrected chi connectivity index (χ0v) is 24.6. The highest BCUT2D eigenvalue weighted by atomic mass is 15.2. The van der Waals surface area contributed by atoms with Crippen LogP contribution < -0.4 is 0 Å². The van der Waals surface area contributed by atoms with Gasteiger partial charge in [0.15, 0.2) is 0 Å². The van der Waals surface area contributed by atoms with Crippen molar-refractivity contribution < 1.29 is 0 Å². The van der Waals surface area contributed by atoms with Crippen LogP contribution in [0.5, 0.6) is 0 Å². The topological polar surface area (TPSA) is 35.1 Å². The second-order valence-electron chi connectivity index (χ2n) is 12.2. The molecule has 4 heteroatoms. The lowest BCUT2D eigenvalue weighted by Gasteiger charge is -2.16. The summed E-state index contributed by atoms with van der Waals surface area (Å²) in [7, 11) is 0. The summed E-state index contributed by atoms with van der Waals surface area (Å²) < 4.78 is 4.56. The highest BCUT2D eigenvalue weighted by Crippen LogP contribution is 2.42. The normalized spacial score (nSPS) is 12.3. The molecule has 0 radical (unpaired) electrons. The molecule has 11 aromatic rings. The zero-order chi connectivity index (χ0) is 29.9. The number of hydrogen-bond acceptors (Lipinski definition) is 2. The molecule has 0 aliphatic rings. The van der Waals surface area contributed by atoms with Crippen molar-refractivity contribution in [1.29, 1.82) is 0 Å². The highest BCUT2D eigenvalue weighted by Gasteiger charge is 2.21. The summed E-state index contributed by atoms with van der Waals surface area (Å²) >= 11 is 0. The third kappa shape index (κ3) is 3.07. The molecule has 46 heavy (non-hydrogen) atoms. The van der Waals surface area contributed by atoms with E-state index in [0.29, 0.717) is 0 Å². The third-order valence-electron chi connectivity index (χ3n) is 9.82. The van der Waals surface area contributed by atoms with Gasteiger partial charge in [-0.3, -0.25) is 8.97 Å². The molecule has 0 bridgehead atoms. The van der Waals surface area contributed by atoms with Gasteiger partial charge in [0, 0.05) is 16.2 Å². The molecule has 0 saturated heterocycles. The van der Waals surface area contributed by atoms with Crippen LogP contribution in [0.15, 0.2) is 146 Å². The number of fused-ring (bicyclic) bond motifs is 8. The van der Waals surface area contributed by atoms with E-state index in [1.165, 1.54) is 54.2 Å². The van der Waals surface area contributed by atoms with E-state index in [-0.39, 0.29) is 0 Å². The molecule has 0 amide bonds. The lowest BCUT2D eigenvalue weighted by molar-refractivity contribution is 0.979. The fraction of sp³-hybridized carbons (Fsp3) is 0. The Balaban J connectivity index is 1.29. The van der Waals surface area contributed by atoms with Gasteiger partial charge in [0.05, 0.1) is 27.6 Å². The van der Waals surface area contributed by atoms with Gasteiger partial charge < -0.3 is 0 Å². The average Bonchev–Trinajstić information content (AvgIpc) is 3.66. The number of rotatable bonds is 2. The lowest BCUT2D eigenvalue weighted by Crippen LogP contribution is -2.06. The predicted molar refractivity (Wildman–Crippen MR) is 191 cm³/mol. The van der Waals surface area contributed by atoms with Gasteiger partial charge >= 0.3 is 0 Å². The van der Waals surface area contributed by atoms with Crippen LogP contribution in [0.25, 0.3) is 98.8 Å². The summed E-state index contributed by atoms with van der Waals surface area (Å²) in [5, 5.41) is 11.2. The quantitative estimate of drug-likeness (QED) is 0.190. The Labute approximate surface area is 262 Å². The molecule has 0 unspecified atom stereocenters. The zero-order valence-electron chi connectivity index (χ0n) is 24.6. The van der Waals surface area contributed by atoms with E-state index in [9.17, 15) is 0 Å². The summed E-state index contributed by atoms with van der Waals surface area (Å²) in [5.74, 6) is 0.834. The minimum atomic E-state index is 0.834. The van der Waals surface area contributed by atoms with Crippen molar-refractivity contribution in [2.45, 2.75) is 0 Å². The number of benzene rings is 8. The van der Waals surface area contributed by atoms with Gasteiger partial charge in [-0.2, -0.15) is 0 Å². The maximum Gasteiger partial charge on any atom is 0.221 e. The number of aromatic nitrogens is 4. The second-order valence-corrected chi connectivity index (χ2v) is 12.2. The first-order chi connectivity index (χ1) is 22.8. The summed E-state index contributed by atoms with van der Waals surface area (Å²) in [6, 6.07) is 52.4. The van der Waals surface area contributed by atoms with Crippen molar-refractivity contribution >= 4 is 81.7 Å². The van der Waals surface area contributed by atoms with Crippen molar-refractivity contribution in [1.82, 2.24) is 18.9 Å². The van der Waals surface area contributed by atoms with Gasteiger partial charge in [0.25, 0.3) is 0 Å². The molecule has 0 aliphatic heterocycles. The third-order valence-corrected chi connectivity index (χ3v) is 9.82. The Kier molecular flexibility index (Phi) is 4.55. The molecular weight excluding hydrogens is 560 g/mol. The van der Waals surface area contributed by atoms with Crippen molar-refractivity contribution in [3.05, 3.63) is 146 Å². The molecule has 0 atom stereocenters. The molecule has 3 aromatic heterocycles. The second kappa shape index (κ2) is 8.68. The molecule has 0 N–H and O–H groups in total. The minimum absolute atomic E-state index is 0.834. The van der Waals surface area contributed by atoms with Crippen LogP contribution in [0.2, 0.25) is 0 Å². The van der Waals surface area contributed by atoms with E-state index in [1.807, 2.05) is 6.07 Å². The van der Waals surface area contributed by atoms with Gasteiger partial charge in [-0.25, -0.2) is 9.97 Å². The molecule has 0 fully saturated rings. The van der Waals surface area contributed by atoms with Crippen LogP contribution in [0.4, 0.5) is 0 Å². The summed E-state index contributed by atoms with van der Waals surface area (Å²) in [5.41, 5.74) is 8.49. The minimum Gasteiger partial charge on any atom is -0.279 e. The fourth-order valence-corrected chi connectivity index (χ4v) is 7.83. The first-order valence-corrected chi connectivity index (χ1v) is 15.7. The molecule has 4 nitrogen and oxygen atoms in total. The van der Waals surface area contributed by atoms with Crippen LogP contribution in [-0.4, -0.2) is 18.9 Å². The van der Waals surface area contributed by atoms with E-state index < -0.39 is 0 Å². The van der Waals surface area contributed by atoms with Crippen LogP contribution in [0, 0.1) is 0 Å². The monoisotopic (exact) mass is 584 g/mol. The smallest absolute Gasteiger partial charge is 0.221 e. The van der Waals surface area contributed by atoms with Crippen molar-refractivity contribution in [3.8, 4) is 17.1 Å².